The maximum atomic E-state index is 6.07. The molecule has 3 heteroatoms. The van der Waals surface area contributed by atoms with Crippen molar-refractivity contribution in [3.63, 3.8) is 0 Å². The van der Waals surface area contributed by atoms with Gasteiger partial charge in [0.2, 0.25) is 0 Å². The first-order valence-corrected chi connectivity index (χ1v) is 6.77. The third-order valence-corrected chi connectivity index (χ3v) is 3.35. The van der Waals surface area contributed by atoms with Crippen molar-refractivity contribution in [2.75, 3.05) is 6.54 Å². The second-order valence-corrected chi connectivity index (χ2v) is 6.36. The summed E-state index contributed by atoms with van der Waals surface area (Å²) in [6.07, 6.45) is 1.07. The largest absolute Gasteiger partial charge is 0.310 e. The summed E-state index contributed by atoms with van der Waals surface area (Å²) >= 11 is 12.0. The van der Waals surface area contributed by atoms with E-state index in [1.165, 1.54) is 5.56 Å². The highest BCUT2D eigenvalue weighted by Crippen LogP contribution is 2.32. The molecule has 0 fully saturated rings. The zero-order valence-corrected chi connectivity index (χ0v) is 12.5. The van der Waals surface area contributed by atoms with Gasteiger partial charge in [0.25, 0.3) is 0 Å². The molecule has 0 spiro atoms. The van der Waals surface area contributed by atoms with Crippen LogP contribution < -0.4 is 5.32 Å². The van der Waals surface area contributed by atoms with Gasteiger partial charge in [-0.15, -0.1) is 0 Å². The first-order chi connectivity index (χ1) is 7.83. The fourth-order valence-corrected chi connectivity index (χ4v) is 2.20. The van der Waals surface area contributed by atoms with Gasteiger partial charge < -0.3 is 5.32 Å². The third kappa shape index (κ3) is 4.87. The van der Waals surface area contributed by atoms with E-state index in [0.29, 0.717) is 16.1 Å². The predicted octanol–water partition coefficient (Wildman–Crippen LogP) is 5.08. The Labute approximate surface area is 115 Å². The Morgan fingerprint density at radius 2 is 1.82 bits per heavy atom. The fraction of sp³-hybridized carbons (Fsp3) is 0.571. The number of rotatable bonds is 4. The van der Waals surface area contributed by atoms with Crippen LogP contribution in [0.5, 0.6) is 0 Å². The summed E-state index contributed by atoms with van der Waals surface area (Å²) in [4.78, 5) is 0. The molecule has 0 aromatic heterocycles. The maximum Gasteiger partial charge on any atom is 0.0595 e. The van der Waals surface area contributed by atoms with E-state index in [0.717, 1.165) is 13.0 Å². The average molecular weight is 274 g/mol. The molecule has 0 saturated carbocycles. The Bertz CT molecular complexity index is 369. The number of benzene rings is 1. The van der Waals surface area contributed by atoms with Gasteiger partial charge in [0.15, 0.2) is 0 Å². The topological polar surface area (TPSA) is 12.0 Å². The molecule has 1 aromatic rings. The van der Waals surface area contributed by atoms with Crippen LogP contribution in [0.1, 0.15) is 45.7 Å². The molecule has 1 nitrogen and oxygen atoms in total. The Morgan fingerprint density at radius 1 is 1.18 bits per heavy atom. The summed E-state index contributed by atoms with van der Waals surface area (Å²) in [5.41, 5.74) is 1.48. The summed E-state index contributed by atoms with van der Waals surface area (Å²) in [6, 6.07) is 6.21. The van der Waals surface area contributed by atoms with Gasteiger partial charge in [-0.1, -0.05) is 57.0 Å². The molecule has 0 aliphatic rings. The number of halogens is 2. The first-order valence-electron chi connectivity index (χ1n) is 6.02. The minimum atomic E-state index is 0.277. The standard InChI is InChI=1S/C14H21Cl2N/c1-5-17-13(9-14(2,3)4)10-6-7-11(15)12(16)8-10/h6-8,13,17H,5,9H2,1-4H3. The Morgan fingerprint density at radius 3 is 2.29 bits per heavy atom. The molecular weight excluding hydrogens is 253 g/mol. The molecule has 0 heterocycles. The van der Waals surface area contributed by atoms with E-state index in [1.54, 1.807) is 0 Å². The first kappa shape index (κ1) is 14.8. The second-order valence-electron chi connectivity index (χ2n) is 5.55. The van der Waals surface area contributed by atoms with Gasteiger partial charge in [-0.3, -0.25) is 0 Å². The summed E-state index contributed by atoms with van der Waals surface area (Å²) in [6.45, 7) is 9.80. The van der Waals surface area contributed by atoms with Crippen LogP contribution in [0.3, 0.4) is 0 Å². The number of hydrogen-bond donors (Lipinski definition) is 1. The molecule has 0 aliphatic carbocycles. The zero-order chi connectivity index (χ0) is 13.1. The SMILES string of the molecule is CCNC(CC(C)(C)C)c1ccc(Cl)c(Cl)c1. The van der Waals surface area contributed by atoms with Gasteiger partial charge in [0, 0.05) is 6.04 Å². The van der Waals surface area contributed by atoms with Gasteiger partial charge in [-0.2, -0.15) is 0 Å². The lowest BCUT2D eigenvalue weighted by atomic mass is 9.85. The third-order valence-electron chi connectivity index (χ3n) is 2.61. The molecule has 0 radical (unpaired) electrons. The molecule has 1 unspecified atom stereocenters. The van der Waals surface area contributed by atoms with Crippen LogP contribution in [0.4, 0.5) is 0 Å². The van der Waals surface area contributed by atoms with Crippen molar-refractivity contribution in [3.05, 3.63) is 33.8 Å². The van der Waals surface area contributed by atoms with Crippen LogP contribution in [0, 0.1) is 5.41 Å². The lowest BCUT2D eigenvalue weighted by Gasteiger charge is -2.27. The van der Waals surface area contributed by atoms with Gasteiger partial charge >= 0.3 is 0 Å². The molecular formula is C14H21Cl2N. The highest BCUT2D eigenvalue weighted by atomic mass is 35.5. The van der Waals surface area contributed by atoms with Crippen LogP contribution in [0.25, 0.3) is 0 Å². The highest BCUT2D eigenvalue weighted by Gasteiger charge is 2.19. The summed E-state index contributed by atoms with van der Waals surface area (Å²) in [5, 5.41) is 4.74. The molecule has 0 bridgehead atoms. The van der Waals surface area contributed by atoms with E-state index in [4.69, 9.17) is 23.2 Å². The van der Waals surface area contributed by atoms with E-state index >= 15 is 0 Å². The van der Waals surface area contributed by atoms with Gasteiger partial charge in [0.05, 0.1) is 10.0 Å². The molecule has 1 N–H and O–H groups in total. The van der Waals surface area contributed by atoms with Crippen molar-refractivity contribution in [1.29, 1.82) is 0 Å². The zero-order valence-electron chi connectivity index (χ0n) is 11.0. The van der Waals surface area contributed by atoms with E-state index in [9.17, 15) is 0 Å². The quantitative estimate of drug-likeness (QED) is 0.807. The van der Waals surface area contributed by atoms with E-state index in [1.807, 2.05) is 18.2 Å². The lowest BCUT2D eigenvalue weighted by molar-refractivity contribution is 0.314. The Balaban J connectivity index is 2.93. The molecule has 0 aliphatic heterocycles. The summed E-state index contributed by atoms with van der Waals surface area (Å²) < 4.78 is 0. The van der Waals surface area contributed by atoms with Crippen LogP contribution in [0.2, 0.25) is 10.0 Å². The Kier molecular flexibility index (Phi) is 5.30. The Hall–Kier alpha value is -0.240. The minimum absolute atomic E-state index is 0.277. The monoisotopic (exact) mass is 273 g/mol. The average Bonchev–Trinajstić information content (AvgIpc) is 2.19. The molecule has 1 atom stereocenters. The smallest absolute Gasteiger partial charge is 0.0595 e. The minimum Gasteiger partial charge on any atom is -0.310 e. The second kappa shape index (κ2) is 6.08. The van der Waals surface area contributed by atoms with Crippen molar-refractivity contribution in [3.8, 4) is 0 Å². The van der Waals surface area contributed by atoms with Gasteiger partial charge in [-0.25, -0.2) is 0 Å². The van der Waals surface area contributed by atoms with Crippen molar-refractivity contribution in [2.45, 2.75) is 40.2 Å². The number of nitrogens with one attached hydrogen (secondary N) is 1. The van der Waals surface area contributed by atoms with Crippen LogP contribution in [-0.4, -0.2) is 6.54 Å². The summed E-state index contributed by atoms with van der Waals surface area (Å²) in [5.74, 6) is 0. The molecule has 17 heavy (non-hydrogen) atoms. The van der Waals surface area contributed by atoms with Crippen molar-refractivity contribution < 1.29 is 0 Å². The predicted molar refractivity (Wildman–Crippen MR) is 77.0 cm³/mol. The van der Waals surface area contributed by atoms with Gasteiger partial charge in [0.1, 0.15) is 0 Å². The summed E-state index contributed by atoms with van der Waals surface area (Å²) in [7, 11) is 0. The molecule has 0 saturated heterocycles. The lowest BCUT2D eigenvalue weighted by Crippen LogP contribution is -2.25. The molecule has 0 amide bonds. The van der Waals surface area contributed by atoms with Crippen molar-refractivity contribution in [1.82, 2.24) is 5.32 Å². The van der Waals surface area contributed by atoms with E-state index in [2.05, 4.69) is 33.0 Å². The van der Waals surface area contributed by atoms with E-state index < -0.39 is 0 Å². The van der Waals surface area contributed by atoms with Crippen molar-refractivity contribution in [2.24, 2.45) is 5.41 Å². The fourth-order valence-electron chi connectivity index (χ4n) is 1.90. The van der Waals surface area contributed by atoms with Crippen LogP contribution >= 0.6 is 23.2 Å². The number of hydrogen-bond acceptors (Lipinski definition) is 1. The van der Waals surface area contributed by atoms with Gasteiger partial charge in [-0.05, 0) is 36.1 Å². The normalized spacial score (nSPS) is 13.8. The van der Waals surface area contributed by atoms with E-state index in [-0.39, 0.29) is 5.41 Å². The van der Waals surface area contributed by atoms with Crippen molar-refractivity contribution >= 4 is 23.2 Å². The maximum absolute atomic E-state index is 6.07. The van der Waals surface area contributed by atoms with Crippen LogP contribution in [0.15, 0.2) is 18.2 Å². The highest BCUT2D eigenvalue weighted by molar-refractivity contribution is 6.42. The molecule has 1 rings (SSSR count). The molecule has 1 aromatic carbocycles. The molecule has 96 valence electrons. The van der Waals surface area contributed by atoms with Crippen LogP contribution in [-0.2, 0) is 0 Å².